The minimum absolute atomic E-state index is 0.0373. The van der Waals surface area contributed by atoms with Gasteiger partial charge in [-0.25, -0.2) is 0 Å². The summed E-state index contributed by atoms with van der Waals surface area (Å²) in [5.74, 6) is -0.641. The lowest BCUT2D eigenvalue weighted by atomic mass is 10.0. The van der Waals surface area contributed by atoms with Crippen molar-refractivity contribution in [1.29, 1.82) is 0 Å². The average molecular weight is 1100 g/mol. The summed E-state index contributed by atoms with van der Waals surface area (Å²) in [5, 5.41) is 3.01. The normalized spacial score (nSPS) is 14.3. The monoisotopic (exact) mass is 1090 g/mol. The van der Waals surface area contributed by atoms with E-state index in [4.69, 9.17) is 13.8 Å². The Hall–Kier alpha value is -3.07. The molecular formula is C67H119N2O7P. The van der Waals surface area contributed by atoms with Crippen molar-refractivity contribution >= 4 is 19.7 Å². The molecule has 0 spiro atoms. The zero-order valence-corrected chi connectivity index (χ0v) is 51.5. The van der Waals surface area contributed by atoms with Crippen LogP contribution in [-0.2, 0) is 27.9 Å². The number of allylic oxidation sites excluding steroid dienone is 15. The first-order chi connectivity index (χ1) is 37.4. The summed E-state index contributed by atoms with van der Waals surface area (Å²) in [6, 6.07) is -0.924. The van der Waals surface area contributed by atoms with Crippen LogP contribution in [0.15, 0.2) is 97.2 Å². The number of phosphoric acid groups is 1. The van der Waals surface area contributed by atoms with Crippen LogP contribution in [0.25, 0.3) is 0 Å². The van der Waals surface area contributed by atoms with Crippen molar-refractivity contribution in [1.82, 2.24) is 5.32 Å². The molecule has 77 heavy (non-hydrogen) atoms. The summed E-state index contributed by atoms with van der Waals surface area (Å²) in [5.41, 5.74) is 0. The molecule has 1 N–H and O–H groups in total. The molecule has 3 unspecified atom stereocenters. The van der Waals surface area contributed by atoms with Gasteiger partial charge in [0.25, 0.3) is 7.82 Å². The van der Waals surface area contributed by atoms with E-state index < -0.39 is 32.5 Å². The lowest BCUT2D eigenvalue weighted by molar-refractivity contribution is -0.870. The number of hydrogen-bond acceptors (Lipinski definition) is 7. The third-order valence-electron chi connectivity index (χ3n) is 13.5. The third-order valence-corrected chi connectivity index (χ3v) is 14.5. The Bertz CT molecular complexity index is 1640. The summed E-state index contributed by atoms with van der Waals surface area (Å²) in [6.45, 7) is 6.67. The van der Waals surface area contributed by atoms with Crippen molar-refractivity contribution in [2.45, 2.75) is 277 Å². The van der Waals surface area contributed by atoms with Crippen LogP contribution in [0.1, 0.15) is 265 Å². The Balaban J connectivity index is 5.29. The first kappa shape index (κ1) is 73.9. The van der Waals surface area contributed by atoms with E-state index in [2.05, 4.69) is 99.0 Å². The van der Waals surface area contributed by atoms with Gasteiger partial charge in [-0.15, -0.1) is 0 Å². The van der Waals surface area contributed by atoms with Crippen LogP contribution in [0.2, 0.25) is 0 Å². The summed E-state index contributed by atoms with van der Waals surface area (Å²) >= 11 is 0. The van der Waals surface area contributed by atoms with Crippen molar-refractivity contribution in [3.8, 4) is 0 Å². The molecule has 0 aliphatic rings. The number of nitrogens with zero attached hydrogens (tertiary/aromatic N) is 1. The number of rotatable bonds is 56. The zero-order valence-electron chi connectivity index (χ0n) is 50.6. The lowest BCUT2D eigenvalue weighted by Gasteiger charge is -2.30. The van der Waals surface area contributed by atoms with Gasteiger partial charge in [0.15, 0.2) is 0 Å². The fourth-order valence-corrected chi connectivity index (χ4v) is 9.38. The molecule has 0 aromatic carbocycles. The number of phosphoric ester groups is 1. The molecule has 0 heterocycles. The quantitative estimate of drug-likeness (QED) is 0.0212. The van der Waals surface area contributed by atoms with Gasteiger partial charge in [0, 0.05) is 12.8 Å². The minimum atomic E-state index is -4.72. The summed E-state index contributed by atoms with van der Waals surface area (Å²) in [6.07, 6.45) is 75.4. The van der Waals surface area contributed by atoms with E-state index >= 15 is 0 Å². The van der Waals surface area contributed by atoms with Crippen LogP contribution in [-0.4, -0.2) is 69.4 Å². The molecule has 0 radical (unpaired) electrons. The smallest absolute Gasteiger partial charge is 0.306 e. The Morgan fingerprint density at radius 3 is 1.27 bits per heavy atom. The maximum Gasteiger partial charge on any atom is 0.306 e. The second-order valence-electron chi connectivity index (χ2n) is 22.2. The molecule has 0 aromatic rings. The van der Waals surface area contributed by atoms with Crippen LogP contribution in [0, 0.1) is 0 Å². The number of amides is 1. The Morgan fingerprint density at radius 1 is 0.468 bits per heavy atom. The van der Waals surface area contributed by atoms with Crippen LogP contribution in [0.5, 0.6) is 0 Å². The number of nitrogens with one attached hydrogen (secondary N) is 1. The molecule has 3 atom stereocenters. The fraction of sp³-hybridized carbons (Fsp3) is 0.731. The van der Waals surface area contributed by atoms with E-state index in [-0.39, 0.29) is 18.9 Å². The number of esters is 1. The van der Waals surface area contributed by atoms with Gasteiger partial charge in [-0.2, -0.15) is 0 Å². The van der Waals surface area contributed by atoms with Gasteiger partial charge in [0.2, 0.25) is 5.91 Å². The largest absolute Gasteiger partial charge is 0.756 e. The summed E-state index contributed by atoms with van der Waals surface area (Å²) < 4.78 is 30.2. The number of likely N-dealkylation sites (N-methyl/N-ethyl adjacent to an activating group) is 1. The summed E-state index contributed by atoms with van der Waals surface area (Å²) in [7, 11) is 1.14. The van der Waals surface area contributed by atoms with Crippen molar-refractivity contribution in [2.75, 3.05) is 40.9 Å². The lowest BCUT2D eigenvalue weighted by Crippen LogP contribution is -2.47. The standard InChI is InChI=1S/C67H119N2O7P/c1-7-10-13-16-19-22-25-27-29-31-33-34-36-37-39-41-44-47-50-53-56-59-66(70)68-64(63-75-77(72,73)74-62-61-69(4,5)6)65(58-55-52-49-46-43-24-21-18-15-12-9-3)76-67(71)60-57-54-51-48-45-42-40-38-35-32-30-28-26-23-20-17-14-11-8-2/h11,14,20,23,27-30,35,38,42,45,51,54-55,58,64-65H,7-10,12-13,15-19,21-22,24-26,31-34,36-37,39-41,43-44,46-50,52-53,56-57,59-63H2,1-6H3,(H-,68,70,72,73)/b14-11-,23-20-,29-27+,30-28-,38-35-,45-42-,54-51-,58-55+. The molecule has 0 aromatic heterocycles. The Morgan fingerprint density at radius 2 is 0.844 bits per heavy atom. The van der Waals surface area contributed by atoms with Gasteiger partial charge in [-0.1, -0.05) is 253 Å². The molecule has 9 nitrogen and oxygen atoms in total. The number of quaternary nitrogens is 1. The van der Waals surface area contributed by atoms with E-state index in [9.17, 15) is 19.0 Å². The van der Waals surface area contributed by atoms with Crippen LogP contribution >= 0.6 is 7.82 Å². The average Bonchev–Trinajstić information content (AvgIpc) is 3.39. The molecule has 0 rings (SSSR count). The molecule has 444 valence electrons. The molecule has 0 saturated heterocycles. The second kappa shape index (κ2) is 56.2. The van der Waals surface area contributed by atoms with Crippen molar-refractivity contribution < 1.29 is 37.3 Å². The maximum absolute atomic E-state index is 13.5. The second-order valence-corrected chi connectivity index (χ2v) is 23.6. The zero-order chi connectivity index (χ0) is 56.4. The minimum Gasteiger partial charge on any atom is -0.756 e. The summed E-state index contributed by atoms with van der Waals surface area (Å²) in [4.78, 5) is 39.9. The number of hydrogen-bond donors (Lipinski definition) is 1. The van der Waals surface area contributed by atoms with E-state index in [1.54, 1.807) is 6.08 Å². The number of unbranched alkanes of at least 4 members (excludes halogenated alkanes) is 26. The van der Waals surface area contributed by atoms with Gasteiger partial charge in [-0.05, 0) is 96.0 Å². The number of ether oxygens (including phenoxy) is 1. The predicted molar refractivity (Wildman–Crippen MR) is 330 cm³/mol. The first-order valence-corrected chi connectivity index (χ1v) is 33.0. The topological polar surface area (TPSA) is 114 Å². The van der Waals surface area contributed by atoms with E-state index in [1.807, 2.05) is 39.4 Å². The molecule has 10 heteroatoms. The molecule has 0 aliphatic heterocycles. The van der Waals surface area contributed by atoms with Gasteiger partial charge in [-0.3, -0.25) is 14.2 Å². The first-order valence-electron chi connectivity index (χ1n) is 31.5. The Labute approximate surface area is 475 Å². The molecular weight excluding hydrogens is 976 g/mol. The van der Waals surface area contributed by atoms with Crippen LogP contribution in [0.3, 0.4) is 0 Å². The molecule has 0 aliphatic carbocycles. The molecule has 0 bridgehead atoms. The Kier molecular flexibility index (Phi) is 54.0. The van der Waals surface area contributed by atoms with Crippen LogP contribution < -0.4 is 10.2 Å². The highest BCUT2D eigenvalue weighted by atomic mass is 31.2. The van der Waals surface area contributed by atoms with Gasteiger partial charge < -0.3 is 28.5 Å². The highest BCUT2D eigenvalue weighted by Crippen LogP contribution is 2.38. The van der Waals surface area contributed by atoms with Gasteiger partial charge >= 0.3 is 5.97 Å². The van der Waals surface area contributed by atoms with Crippen LogP contribution in [0.4, 0.5) is 0 Å². The van der Waals surface area contributed by atoms with Crippen molar-refractivity contribution in [2.24, 2.45) is 0 Å². The van der Waals surface area contributed by atoms with Gasteiger partial charge in [0.1, 0.15) is 19.3 Å². The fourth-order valence-electron chi connectivity index (χ4n) is 8.66. The van der Waals surface area contributed by atoms with Crippen molar-refractivity contribution in [3.63, 3.8) is 0 Å². The molecule has 1 amide bonds. The molecule has 0 fully saturated rings. The highest BCUT2D eigenvalue weighted by molar-refractivity contribution is 7.45. The SMILES string of the molecule is CC/C=C\C/C=C\C/C=C\C/C=C\C/C=C\C/C=C\CCC(=O)OC(/C=C/CCCCCCCCCCC)C(COP(=O)([O-])OCC[N+](C)(C)C)NC(=O)CCCCCCCCCCCCC/C=C/CCCCCCCC. The van der Waals surface area contributed by atoms with Crippen molar-refractivity contribution in [3.05, 3.63) is 97.2 Å². The molecule has 0 saturated carbocycles. The van der Waals surface area contributed by atoms with E-state index in [1.165, 1.54) is 141 Å². The highest BCUT2D eigenvalue weighted by Gasteiger charge is 2.27. The number of carbonyl (C=O) groups excluding carboxylic acids is 2. The van der Waals surface area contributed by atoms with E-state index in [0.29, 0.717) is 23.9 Å². The third kappa shape index (κ3) is 57.4. The van der Waals surface area contributed by atoms with Gasteiger partial charge in [0.05, 0.1) is 33.8 Å². The predicted octanol–water partition coefficient (Wildman–Crippen LogP) is 18.9. The van der Waals surface area contributed by atoms with E-state index in [0.717, 1.165) is 83.5 Å². The maximum atomic E-state index is 13.5. The number of carbonyl (C=O) groups is 2.